The van der Waals surface area contributed by atoms with E-state index in [-0.39, 0.29) is 19.0 Å². The number of carbonyl (C=O) groups is 1. The third kappa shape index (κ3) is 3.68. The molecule has 3 N–H and O–H groups in total. The molecule has 1 fully saturated rings. The Bertz CT molecular complexity index is 474. The number of rotatable bonds is 4. The van der Waals surface area contributed by atoms with Gasteiger partial charge in [0.25, 0.3) is 5.92 Å². The van der Waals surface area contributed by atoms with E-state index in [1.54, 1.807) is 0 Å². The van der Waals surface area contributed by atoms with Crippen LogP contribution in [-0.2, 0) is 4.74 Å². The maximum atomic E-state index is 13.4. The smallest absolute Gasteiger partial charge is 0.318 e. The Labute approximate surface area is 124 Å². The first-order valence-electron chi connectivity index (χ1n) is 5.55. The molecule has 2 heterocycles. The maximum Gasteiger partial charge on any atom is 0.318 e. The molecule has 1 saturated heterocycles. The van der Waals surface area contributed by atoms with Crippen LogP contribution in [0, 0.1) is 0 Å². The molecule has 1 aromatic rings. The number of aromatic nitrogens is 1. The summed E-state index contributed by atoms with van der Waals surface area (Å²) in [6.07, 6.45) is 1.48. The van der Waals surface area contributed by atoms with Crippen LogP contribution in [0.25, 0.3) is 0 Å². The summed E-state index contributed by atoms with van der Waals surface area (Å²) in [4.78, 5) is 17.3. The molecule has 0 spiro atoms. The average Bonchev–Trinajstić information content (AvgIpc) is 2.76. The minimum Gasteiger partial charge on any atom is -0.382 e. The first-order chi connectivity index (χ1) is 8.93. The number of carbonyl (C=O) groups excluding carboxylic acids is 1. The number of ether oxygens (including phenoxy) is 1. The van der Waals surface area contributed by atoms with Gasteiger partial charge in [-0.25, -0.2) is 18.6 Å². The lowest BCUT2D eigenvalue weighted by Crippen LogP contribution is -2.58. The van der Waals surface area contributed by atoms with E-state index in [4.69, 9.17) is 10.5 Å². The number of hydrogen-bond donors (Lipinski definition) is 2. The number of urea groups is 1. The van der Waals surface area contributed by atoms with E-state index >= 15 is 0 Å². The second-order valence-electron chi connectivity index (χ2n) is 4.21. The molecule has 0 aromatic carbocycles. The third-order valence-corrected chi connectivity index (χ3v) is 3.66. The van der Waals surface area contributed by atoms with Crippen LogP contribution in [0.3, 0.4) is 0 Å². The minimum absolute atomic E-state index is 0. The molecule has 0 saturated carbocycles. The molecule has 10 heteroatoms. The maximum absolute atomic E-state index is 13.4. The summed E-state index contributed by atoms with van der Waals surface area (Å²) in [6.45, 7) is -1.19. The Balaban J connectivity index is 0.00000200. The number of amides is 2. The van der Waals surface area contributed by atoms with Crippen LogP contribution in [0.1, 0.15) is 10.9 Å². The Morgan fingerprint density at radius 2 is 2.40 bits per heavy atom. The standard InChI is InChI=1S/C10H14F2N4O2S.ClH/c1-18-3-6(7-2-14-8(13)19-7)16-5-10(11,12)4-15-9(16)17;/h2,6H,3-5H2,1H3,(H2,13,14)(H,15,17);1H. The predicted molar refractivity (Wildman–Crippen MR) is 73.4 cm³/mol. The van der Waals surface area contributed by atoms with E-state index in [1.807, 2.05) is 0 Å². The number of nitrogens with one attached hydrogen (secondary N) is 1. The molecule has 114 valence electrons. The van der Waals surface area contributed by atoms with Gasteiger partial charge in [0.15, 0.2) is 5.13 Å². The van der Waals surface area contributed by atoms with Gasteiger partial charge < -0.3 is 20.7 Å². The van der Waals surface area contributed by atoms with Crippen LogP contribution in [-0.4, -0.2) is 48.6 Å². The second-order valence-corrected chi connectivity index (χ2v) is 5.31. The molecule has 2 rings (SSSR count). The lowest BCUT2D eigenvalue weighted by molar-refractivity contribution is -0.0505. The third-order valence-electron chi connectivity index (χ3n) is 2.73. The van der Waals surface area contributed by atoms with Crippen LogP contribution in [0.15, 0.2) is 6.20 Å². The first kappa shape index (κ1) is 16.9. The van der Waals surface area contributed by atoms with Gasteiger partial charge in [-0.2, -0.15) is 0 Å². The quantitative estimate of drug-likeness (QED) is 0.877. The minimum atomic E-state index is -2.96. The number of thiazole rings is 1. The fraction of sp³-hybridized carbons (Fsp3) is 0.600. The predicted octanol–water partition coefficient (Wildman–Crippen LogP) is 1.50. The fourth-order valence-electron chi connectivity index (χ4n) is 1.87. The van der Waals surface area contributed by atoms with Crippen molar-refractivity contribution in [3.8, 4) is 0 Å². The number of hydrogen-bond acceptors (Lipinski definition) is 5. The van der Waals surface area contributed by atoms with Gasteiger partial charge in [0.05, 0.1) is 30.6 Å². The molecule has 20 heavy (non-hydrogen) atoms. The largest absolute Gasteiger partial charge is 0.382 e. The van der Waals surface area contributed by atoms with Crippen LogP contribution in [0.5, 0.6) is 0 Å². The SMILES string of the molecule is COCC(c1cnc(N)s1)N1CC(F)(F)CNC1=O.Cl. The van der Waals surface area contributed by atoms with Gasteiger partial charge in [-0.1, -0.05) is 0 Å². The Kier molecular flexibility index (Phi) is 5.49. The summed E-state index contributed by atoms with van der Waals surface area (Å²) in [7, 11) is 1.44. The van der Waals surface area contributed by atoms with Crippen molar-refractivity contribution in [2.24, 2.45) is 0 Å². The highest BCUT2D eigenvalue weighted by atomic mass is 35.5. The number of nitrogen functional groups attached to an aromatic ring is 1. The monoisotopic (exact) mass is 328 g/mol. The van der Waals surface area contributed by atoms with Crippen molar-refractivity contribution in [2.75, 3.05) is 32.5 Å². The number of anilines is 1. The summed E-state index contributed by atoms with van der Waals surface area (Å²) in [5.41, 5.74) is 5.53. The average molecular weight is 329 g/mol. The van der Waals surface area contributed by atoms with E-state index in [0.717, 1.165) is 16.2 Å². The highest BCUT2D eigenvalue weighted by Crippen LogP contribution is 2.31. The molecule has 0 aliphatic carbocycles. The normalized spacial score (nSPS) is 19.1. The first-order valence-corrected chi connectivity index (χ1v) is 6.37. The van der Waals surface area contributed by atoms with Crippen LogP contribution < -0.4 is 11.1 Å². The molecule has 1 aliphatic heterocycles. The topological polar surface area (TPSA) is 80.5 Å². The van der Waals surface area contributed by atoms with E-state index in [2.05, 4.69) is 10.3 Å². The van der Waals surface area contributed by atoms with Crippen molar-refractivity contribution in [1.29, 1.82) is 0 Å². The molecule has 0 radical (unpaired) electrons. The number of alkyl halides is 2. The highest BCUT2D eigenvalue weighted by Gasteiger charge is 2.42. The zero-order chi connectivity index (χ0) is 14.0. The molecule has 1 aromatic heterocycles. The second kappa shape index (κ2) is 6.51. The van der Waals surface area contributed by atoms with Crippen LogP contribution in [0.2, 0.25) is 0 Å². The van der Waals surface area contributed by atoms with E-state index in [1.165, 1.54) is 13.3 Å². The van der Waals surface area contributed by atoms with Gasteiger partial charge in [-0.3, -0.25) is 0 Å². The molecule has 6 nitrogen and oxygen atoms in total. The zero-order valence-electron chi connectivity index (χ0n) is 10.6. The van der Waals surface area contributed by atoms with E-state index < -0.39 is 31.1 Å². The Morgan fingerprint density at radius 3 is 2.95 bits per heavy atom. The van der Waals surface area contributed by atoms with Crippen molar-refractivity contribution in [2.45, 2.75) is 12.0 Å². The number of halogens is 3. The van der Waals surface area contributed by atoms with Crippen molar-refractivity contribution < 1.29 is 18.3 Å². The van der Waals surface area contributed by atoms with E-state index in [0.29, 0.717) is 10.0 Å². The lowest BCUT2D eigenvalue weighted by Gasteiger charge is -2.37. The summed E-state index contributed by atoms with van der Waals surface area (Å²) in [5, 5.41) is 2.49. The highest BCUT2D eigenvalue weighted by molar-refractivity contribution is 7.15. The van der Waals surface area contributed by atoms with Crippen LogP contribution >= 0.6 is 23.7 Å². The summed E-state index contributed by atoms with van der Waals surface area (Å²) < 4.78 is 31.8. The molecule has 1 atom stereocenters. The summed E-state index contributed by atoms with van der Waals surface area (Å²) in [6, 6.07) is -1.16. The Morgan fingerprint density at radius 1 is 1.70 bits per heavy atom. The van der Waals surface area contributed by atoms with Crippen molar-refractivity contribution in [3.05, 3.63) is 11.1 Å². The van der Waals surface area contributed by atoms with Crippen molar-refractivity contribution >= 4 is 34.9 Å². The number of nitrogens with zero attached hydrogens (tertiary/aromatic N) is 2. The van der Waals surface area contributed by atoms with Gasteiger partial charge in [-0.15, -0.1) is 23.7 Å². The molecule has 2 amide bonds. The molecular weight excluding hydrogens is 314 g/mol. The molecule has 0 bridgehead atoms. The van der Waals surface area contributed by atoms with Gasteiger partial charge in [-0.05, 0) is 0 Å². The van der Waals surface area contributed by atoms with Gasteiger partial charge in [0.2, 0.25) is 0 Å². The fourth-order valence-corrected chi connectivity index (χ4v) is 2.66. The molecule has 1 unspecified atom stereocenters. The van der Waals surface area contributed by atoms with Crippen molar-refractivity contribution in [1.82, 2.24) is 15.2 Å². The van der Waals surface area contributed by atoms with Crippen molar-refractivity contribution in [3.63, 3.8) is 0 Å². The molecule has 1 aliphatic rings. The number of nitrogens with two attached hydrogens (primary N) is 1. The summed E-state index contributed by atoms with van der Waals surface area (Å²) >= 11 is 1.15. The zero-order valence-corrected chi connectivity index (χ0v) is 12.3. The summed E-state index contributed by atoms with van der Waals surface area (Å²) in [5.74, 6) is -2.96. The van der Waals surface area contributed by atoms with Gasteiger partial charge in [0.1, 0.15) is 0 Å². The number of methoxy groups -OCH3 is 1. The van der Waals surface area contributed by atoms with E-state index in [9.17, 15) is 13.6 Å². The molecular formula is C10H15ClF2N4O2S. The van der Waals surface area contributed by atoms with Gasteiger partial charge >= 0.3 is 6.03 Å². The Hall–Kier alpha value is -1.19. The van der Waals surface area contributed by atoms with Gasteiger partial charge in [0, 0.05) is 13.3 Å². The van der Waals surface area contributed by atoms with Crippen LogP contribution in [0.4, 0.5) is 18.7 Å². The lowest BCUT2D eigenvalue weighted by atomic mass is 10.1.